The van der Waals surface area contributed by atoms with Crippen LogP contribution in [0.5, 0.6) is 0 Å². The minimum Gasteiger partial charge on any atom is -0.386 e. The van der Waals surface area contributed by atoms with Crippen LogP contribution in [0.3, 0.4) is 0 Å². The van der Waals surface area contributed by atoms with Crippen molar-refractivity contribution in [2.75, 3.05) is 48.6 Å². The van der Waals surface area contributed by atoms with E-state index in [-0.39, 0.29) is 0 Å². The average Bonchev–Trinajstić information content (AvgIpc) is 2.91. The van der Waals surface area contributed by atoms with Gasteiger partial charge in [-0.15, -0.1) is 0 Å². The summed E-state index contributed by atoms with van der Waals surface area (Å²) < 4.78 is 30.1. The molecule has 1 aliphatic heterocycles. The quantitative estimate of drug-likeness (QED) is 0.449. The SMILES string of the molecule is CO[Si](CCCCN1CCC[Si]1(OC)OC)(OC)OC. The van der Waals surface area contributed by atoms with E-state index in [1.54, 1.807) is 35.5 Å². The first kappa shape index (κ1) is 18.2. The fourth-order valence-corrected chi connectivity index (χ4v) is 7.66. The molecule has 0 saturated carbocycles. The zero-order valence-electron chi connectivity index (χ0n) is 13.4. The molecule has 0 spiro atoms. The number of hydrogen-bond acceptors (Lipinski definition) is 6. The Morgan fingerprint density at radius 3 is 2.05 bits per heavy atom. The average molecular weight is 324 g/mol. The molecule has 0 amide bonds. The van der Waals surface area contributed by atoms with Crippen molar-refractivity contribution in [1.29, 1.82) is 0 Å². The molecule has 8 heteroatoms. The molecule has 20 heavy (non-hydrogen) atoms. The van der Waals surface area contributed by atoms with Gasteiger partial charge in [-0.3, -0.25) is 4.57 Å². The summed E-state index contributed by atoms with van der Waals surface area (Å²) in [6.07, 6.45) is 3.27. The monoisotopic (exact) mass is 323 g/mol. The minimum atomic E-state index is -2.42. The van der Waals surface area contributed by atoms with Crippen LogP contribution in [0.4, 0.5) is 0 Å². The number of nitrogens with zero attached hydrogens (tertiary/aromatic N) is 1. The van der Waals surface area contributed by atoms with Gasteiger partial charge in [0.25, 0.3) is 0 Å². The van der Waals surface area contributed by atoms with Crippen molar-refractivity contribution in [2.45, 2.75) is 31.4 Å². The molecular weight excluding hydrogens is 294 g/mol. The van der Waals surface area contributed by atoms with Gasteiger partial charge in [-0.25, -0.2) is 0 Å². The summed E-state index contributed by atoms with van der Waals surface area (Å²) in [4.78, 5) is 0. The molecule has 0 N–H and O–H groups in total. The van der Waals surface area contributed by atoms with Crippen LogP contribution in [0.25, 0.3) is 0 Å². The largest absolute Gasteiger partial charge is 0.500 e. The molecular formula is C12H29NO5Si2. The van der Waals surface area contributed by atoms with Gasteiger partial charge in [0, 0.05) is 47.6 Å². The van der Waals surface area contributed by atoms with Crippen LogP contribution in [-0.4, -0.2) is 70.7 Å². The summed E-state index contributed by atoms with van der Waals surface area (Å²) in [5.74, 6) is 0. The summed E-state index contributed by atoms with van der Waals surface area (Å²) in [7, 11) is 4.03. The molecule has 1 fully saturated rings. The van der Waals surface area contributed by atoms with Crippen molar-refractivity contribution >= 4 is 17.5 Å². The Kier molecular flexibility index (Phi) is 7.84. The summed E-state index contributed by atoms with van der Waals surface area (Å²) in [6.45, 7) is 2.09. The lowest BCUT2D eigenvalue weighted by Crippen LogP contribution is -2.53. The predicted molar refractivity (Wildman–Crippen MR) is 81.6 cm³/mol. The van der Waals surface area contributed by atoms with Crippen LogP contribution < -0.4 is 0 Å². The number of hydrogen-bond donors (Lipinski definition) is 0. The maximum atomic E-state index is 5.70. The lowest BCUT2D eigenvalue weighted by Gasteiger charge is -2.32. The first-order chi connectivity index (χ1) is 9.62. The van der Waals surface area contributed by atoms with Gasteiger partial charge >= 0.3 is 17.5 Å². The highest BCUT2D eigenvalue weighted by Crippen LogP contribution is 2.27. The van der Waals surface area contributed by atoms with Crippen molar-refractivity contribution in [3.8, 4) is 0 Å². The van der Waals surface area contributed by atoms with Crippen molar-refractivity contribution in [3.05, 3.63) is 0 Å². The molecule has 0 aromatic rings. The molecule has 0 aliphatic carbocycles. The Morgan fingerprint density at radius 1 is 0.950 bits per heavy atom. The number of unbranched alkanes of at least 4 members (excludes halogenated alkanes) is 1. The van der Waals surface area contributed by atoms with E-state index in [2.05, 4.69) is 4.57 Å². The minimum absolute atomic E-state index is 0.846. The zero-order chi connectivity index (χ0) is 15.1. The van der Waals surface area contributed by atoms with E-state index in [0.717, 1.165) is 38.0 Å². The van der Waals surface area contributed by atoms with E-state index in [1.807, 2.05) is 0 Å². The fourth-order valence-electron chi connectivity index (χ4n) is 2.85. The molecule has 0 unspecified atom stereocenters. The second kappa shape index (κ2) is 8.59. The van der Waals surface area contributed by atoms with Gasteiger partial charge in [-0.2, -0.15) is 0 Å². The van der Waals surface area contributed by atoms with Gasteiger partial charge in [-0.1, -0.05) is 0 Å². The number of rotatable bonds is 10. The van der Waals surface area contributed by atoms with Crippen molar-refractivity contribution < 1.29 is 22.1 Å². The zero-order valence-corrected chi connectivity index (χ0v) is 15.4. The molecule has 1 rings (SSSR count). The lowest BCUT2D eigenvalue weighted by molar-refractivity contribution is 0.122. The van der Waals surface area contributed by atoms with Gasteiger partial charge in [0.2, 0.25) is 0 Å². The molecule has 1 saturated heterocycles. The molecule has 1 heterocycles. The summed E-state index contributed by atoms with van der Waals surface area (Å²) in [5.41, 5.74) is 0. The molecule has 1 aliphatic rings. The first-order valence-electron chi connectivity index (χ1n) is 7.13. The highest BCUT2D eigenvalue weighted by Gasteiger charge is 2.47. The third-order valence-corrected chi connectivity index (χ3v) is 10.6. The van der Waals surface area contributed by atoms with E-state index in [4.69, 9.17) is 22.1 Å². The molecule has 0 atom stereocenters. The van der Waals surface area contributed by atoms with Gasteiger partial charge < -0.3 is 22.1 Å². The van der Waals surface area contributed by atoms with Crippen molar-refractivity contribution in [1.82, 2.24) is 4.57 Å². The van der Waals surface area contributed by atoms with Crippen LogP contribution in [-0.2, 0) is 22.1 Å². The summed E-state index contributed by atoms with van der Waals surface area (Å²) >= 11 is 0. The molecule has 0 aromatic heterocycles. The third kappa shape index (κ3) is 4.11. The van der Waals surface area contributed by atoms with E-state index in [1.165, 1.54) is 6.42 Å². The maximum absolute atomic E-state index is 5.70. The third-order valence-electron chi connectivity index (χ3n) is 4.13. The van der Waals surface area contributed by atoms with Gasteiger partial charge in [-0.05, 0) is 32.4 Å². The fraction of sp³-hybridized carbons (Fsp3) is 1.00. The van der Waals surface area contributed by atoms with E-state index < -0.39 is 17.5 Å². The Morgan fingerprint density at radius 2 is 1.55 bits per heavy atom. The Bertz CT molecular complexity index is 266. The van der Waals surface area contributed by atoms with Crippen LogP contribution >= 0.6 is 0 Å². The van der Waals surface area contributed by atoms with Gasteiger partial charge in [0.05, 0.1) is 0 Å². The maximum Gasteiger partial charge on any atom is 0.500 e. The molecule has 0 aromatic carbocycles. The highest BCUT2D eigenvalue weighted by atomic mass is 28.4. The normalized spacial score (nSPS) is 19.6. The first-order valence-corrected chi connectivity index (χ1v) is 11.0. The van der Waals surface area contributed by atoms with E-state index >= 15 is 0 Å². The smallest absolute Gasteiger partial charge is 0.386 e. The van der Waals surface area contributed by atoms with Crippen LogP contribution in [0.15, 0.2) is 0 Å². The molecule has 120 valence electrons. The Labute approximate surface area is 125 Å². The van der Waals surface area contributed by atoms with E-state index in [0.29, 0.717) is 0 Å². The molecule has 6 nitrogen and oxygen atoms in total. The summed E-state index contributed by atoms with van der Waals surface area (Å²) in [5, 5.41) is 0. The van der Waals surface area contributed by atoms with Crippen molar-refractivity contribution in [2.24, 2.45) is 0 Å². The van der Waals surface area contributed by atoms with Crippen LogP contribution in [0.1, 0.15) is 19.3 Å². The Hall–Kier alpha value is 0.194. The summed E-state index contributed by atoms with van der Waals surface area (Å²) in [6, 6.07) is 1.91. The second-order valence-corrected chi connectivity index (χ2v) is 11.4. The topological polar surface area (TPSA) is 49.4 Å². The highest BCUT2D eigenvalue weighted by molar-refractivity contribution is 6.65. The molecule has 0 bridgehead atoms. The predicted octanol–water partition coefficient (Wildman–Crippen LogP) is 1.58. The van der Waals surface area contributed by atoms with Crippen molar-refractivity contribution in [3.63, 3.8) is 0 Å². The molecule has 0 radical (unpaired) electrons. The Balaban J connectivity index is 2.37. The van der Waals surface area contributed by atoms with Crippen LogP contribution in [0.2, 0.25) is 12.1 Å². The van der Waals surface area contributed by atoms with Gasteiger partial charge in [0.1, 0.15) is 0 Å². The standard InChI is InChI=1S/C12H29NO5Si2/c1-14-19(15-2)11-8-10-13(19)9-6-7-12-20(16-3,17-4)18-5/h6-12H2,1-5H3. The van der Waals surface area contributed by atoms with Crippen LogP contribution in [0, 0.1) is 0 Å². The van der Waals surface area contributed by atoms with Gasteiger partial charge in [0.15, 0.2) is 0 Å². The van der Waals surface area contributed by atoms with E-state index in [9.17, 15) is 0 Å². The lowest BCUT2D eigenvalue weighted by atomic mass is 10.3. The second-order valence-electron chi connectivity index (χ2n) is 4.96.